The van der Waals surface area contributed by atoms with Crippen LogP contribution in [0.4, 0.5) is 0 Å². The second kappa shape index (κ2) is 9.10. The first-order valence-corrected chi connectivity index (χ1v) is 11.0. The molecule has 9 heteroatoms. The number of methoxy groups -OCH3 is 1. The molecule has 1 aliphatic carbocycles. The predicted octanol–water partition coefficient (Wildman–Crippen LogP) is 2.02. The van der Waals surface area contributed by atoms with Gasteiger partial charge >= 0.3 is 10.1 Å². The third-order valence-electron chi connectivity index (χ3n) is 4.58. The van der Waals surface area contributed by atoms with Crippen LogP contribution in [0.1, 0.15) is 33.5 Å². The van der Waals surface area contributed by atoms with E-state index >= 15 is 0 Å². The third-order valence-corrected chi connectivity index (χ3v) is 4.93. The summed E-state index contributed by atoms with van der Waals surface area (Å²) in [6, 6.07) is 15.3. The lowest BCUT2D eigenvalue weighted by molar-refractivity contribution is 0.0975. The molecule has 3 rings (SSSR count). The van der Waals surface area contributed by atoms with Crippen molar-refractivity contribution < 1.29 is 22.2 Å². The van der Waals surface area contributed by atoms with Gasteiger partial charge in [0.25, 0.3) is 5.91 Å². The average Bonchev–Trinajstić information content (AvgIpc) is 2.72. The van der Waals surface area contributed by atoms with Gasteiger partial charge in [-0.25, -0.2) is 0 Å². The maximum Gasteiger partial charge on any atom is 0.325 e. The van der Waals surface area contributed by atoms with Crippen molar-refractivity contribution in [2.45, 2.75) is 12.8 Å². The standard InChI is InChI=1S/C21H23N3O5S/c1-28-13-17-11-10-14-6-3-4-9-18(14)19(17)15-7-5-8-16(12-15)20(25)23-21(22)24-29-30(2,26)27/h3-9,12H,10-11,13H2,1-2H3,(H3,22,23,24,25). The molecule has 2 aromatic carbocycles. The van der Waals surface area contributed by atoms with Gasteiger partial charge in [-0.1, -0.05) is 36.4 Å². The molecule has 0 heterocycles. The molecule has 0 unspecified atom stereocenters. The molecule has 158 valence electrons. The zero-order valence-corrected chi connectivity index (χ0v) is 17.5. The highest BCUT2D eigenvalue weighted by Crippen LogP contribution is 2.36. The van der Waals surface area contributed by atoms with Crippen molar-refractivity contribution in [2.24, 2.45) is 10.9 Å². The van der Waals surface area contributed by atoms with Gasteiger partial charge in [-0.3, -0.25) is 14.4 Å². The molecule has 0 bridgehead atoms. The number of fused-ring (bicyclic) bond motifs is 1. The number of guanidine groups is 1. The number of amides is 1. The number of aryl methyl sites for hydroxylation is 1. The van der Waals surface area contributed by atoms with Crippen LogP contribution in [0.15, 0.2) is 59.3 Å². The lowest BCUT2D eigenvalue weighted by atomic mass is 9.82. The van der Waals surface area contributed by atoms with Crippen molar-refractivity contribution in [1.29, 1.82) is 0 Å². The predicted molar refractivity (Wildman–Crippen MR) is 114 cm³/mol. The molecular weight excluding hydrogens is 406 g/mol. The first-order chi connectivity index (χ1) is 14.3. The van der Waals surface area contributed by atoms with Crippen LogP contribution >= 0.6 is 0 Å². The summed E-state index contributed by atoms with van der Waals surface area (Å²) >= 11 is 0. The van der Waals surface area contributed by atoms with E-state index in [2.05, 4.69) is 26.9 Å². The molecule has 1 amide bonds. The van der Waals surface area contributed by atoms with Crippen LogP contribution in [0.25, 0.3) is 5.57 Å². The zero-order chi connectivity index (χ0) is 21.7. The number of ether oxygens (including phenoxy) is 1. The largest absolute Gasteiger partial charge is 0.380 e. The van der Waals surface area contributed by atoms with E-state index in [1.807, 2.05) is 18.2 Å². The lowest BCUT2D eigenvalue weighted by Gasteiger charge is -2.24. The van der Waals surface area contributed by atoms with Crippen molar-refractivity contribution in [2.75, 3.05) is 20.0 Å². The summed E-state index contributed by atoms with van der Waals surface area (Å²) in [5, 5.41) is 5.50. The second-order valence-corrected chi connectivity index (χ2v) is 8.42. The van der Waals surface area contributed by atoms with Crippen LogP contribution < -0.4 is 11.1 Å². The Hall–Kier alpha value is -3.17. The maximum absolute atomic E-state index is 12.5. The molecule has 0 saturated carbocycles. The van der Waals surface area contributed by atoms with Gasteiger partial charge in [-0.05, 0) is 58.0 Å². The van der Waals surface area contributed by atoms with Gasteiger partial charge in [0, 0.05) is 12.7 Å². The number of rotatable bonds is 6. The summed E-state index contributed by atoms with van der Waals surface area (Å²) in [7, 11) is -2.16. The van der Waals surface area contributed by atoms with Crippen LogP contribution in [0, 0.1) is 0 Å². The van der Waals surface area contributed by atoms with E-state index in [-0.39, 0.29) is 0 Å². The first-order valence-electron chi connectivity index (χ1n) is 9.21. The molecule has 2 aromatic rings. The van der Waals surface area contributed by atoms with Gasteiger partial charge in [0.05, 0.1) is 12.9 Å². The number of carbonyl (C=O) groups excluding carboxylic acids is 1. The molecular formula is C21H23N3O5S. The number of nitrogens with two attached hydrogens (primary N) is 1. The van der Waals surface area contributed by atoms with Crippen molar-refractivity contribution in [3.05, 3.63) is 76.4 Å². The Morgan fingerprint density at radius 2 is 1.93 bits per heavy atom. The minimum absolute atomic E-state index is 0.345. The van der Waals surface area contributed by atoms with E-state index in [9.17, 15) is 13.2 Å². The smallest absolute Gasteiger partial charge is 0.325 e. The van der Waals surface area contributed by atoms with E-state index in [1.54, 1.807) is 25.3 Å². The lowest BCUT2D eigenvalue weighted by Crippen LogP contribution is -2.37. The van der Waals surface area contributed by atoms with Gasteiger partial charge in [0.1, 0.15) is 0 Å². The van der Waals surface area contributed by atoms with Crippen LogP contribution in [-0.4, -0.2) is 40.3 Å². The average molecular weight is 429 g/mol. The van der Waals surface area contributed by atoms with Crippen molar-refractivity contribution >= 4 is 27.6 Å². The molecule has 0 aromatic heterocycles. The Labute approximate surface area is 175 Å². The molecule has 0 radical (unpaired) electrons. The minimum Gasteiger partial charge on any atom is -0.380 e. The Bertz CT molecular complexity index is 1120. The molecule has 1 aliphatic rings. The number of benzene rings is 2. The monoisotopic (exact) mass is 429 g/mol. The highest BCUT2D eigenvalue weighted by Gasteiger charge is 2.21. The van der Waals surface area contributed by atoms with E-state index < -0.39 is 22.0 Å². The number of hydrogen-bond acceptors (Lipinski definition) is 6. The quantitative estimate of drug-likeness (QED) is 0.412. The molecule has 0 fully saturated rings. The molecule has 0 saturated heterocycles. The first kappa shape index (κ1) is 21.5. The summed E-state index contributed by atoms with van der Waals surface area (Å²) in [6.07, 6.45) is 2.63. The van der Waals surface area contributed by atoms with Crippen LogP contribution in [0.3, 0.4) is 0 Å². The van der Waals surface area contributed by atoms with Crippen LogP contribution in [0.2, 0.25) is 0 Å². The van der Waals surface area contributed by atoms with E-state index in [1.165, 1.54) is 5.56 Å². The number of nitrogens with zero attached hydrogens (tertiary/aromatic N) is 1. The van der Waals surface area contributed by atoms with E-state index in [0.717, 1.165) is 41.4 Å². The Morgan fingerprint density at radius 1 is 1.17 bits per heavy atom. The number of nitrogens with one attached hydrogen (secondary N) is 1. The summed E-state index contributed by atoms with van der Waals surface area (Å²) in [5.41, 5.74) is 11.3. The minimum atomic E-state index is -3.82. The number of hydrogen-bond donors (Lipinski definition) is 2. The fourth-order valence-electron chi connectivity index (χ4n) is 3.40. The normalized spacial score (nSPS) is 14.3. The fraction of sp³-hybridized carbons (Fsp3) is 0.238. The van der Waals surface area contributed by atoms with Crippen LogP contribution in [-0.2, 0) is 25.6 Å². The molecule has 30 heavy (non-hydrogen) atoms. The number of oxime groups is 1. The molecule has 0 atom stereocenters. The van der Waals surface area contributed by atoms with Gasteiger partial charge in [-0.15, -0.1) is 0 Å². The number of carbonyl (C=O) groups is 1. The summed E-state index contributed by atoms with van der Waals surface area (Å²) in [4.78, 5) is 12.5. The van der Waals surface area contributed by atoms with Gasteiger partial charge < -0.3 is 10.5 Å². The highest BCUT2D eigenvalue weighted by atomic mass is 32.2. The van der Waals surface area contributed by atoms with Crippen LogP contribution in [0.5, 0.6) is 0 Å². The highest BCUT2D eigenvalue weighted by molar-refractivity contribution is 7.85. The third kappa shape index (κ3) is 5.25. The summed E-state index contributed by atoms with van der Waals surface area (Å²) in [5.74, 6) is -0.994. The Kier molecular flexibility index (Phi) is 6.53. The van der Waals surface area contributed by atoms with E-state index in [0.29, 0.717) is 12.2 Å². The van der Waals surface area contributed by atoms with E-state index in [4.69, 9.17) is 10.5 Å². The Balaban J connectivity index is 1.93. The fourth-order valence-corrected chi connectivity index (χ4v) is 3.61. The summed E-state index contributed by atoms with van der Waals surface area (Å²) in [6.45, 7) is 0.503. The summed E-state index contributed by atoms with van der Waals surface area (Å²) < 4.78 is 31.6. The van der Waals surface area contributed by atoms with Gasteiger partial charge in [-0.2, -0.15) is 8.42 Å². The van der Waals surface area contributed by atoms with Gasteiger partial charge in [0.15, 0.2) is 0 Å². The van der Waals surface area contributed by atoms with Gasteiger partial charge in [0.2, 0.25) is 5.96 Å². The maximum atomic E-state index is 12.5. The zero-order valence-electron chi connectivity index (χ0n) is 16.7. The Morgan fingerprint density at radius 3 is 2.67 bits per heavy atom. The van der Waals surface area contributed by atoms with Crippen molar-refractivity contribution in [3.63, 3.8) is 0 Å². The molecule has 8 nitrogen and oxygen atoms in total. The molecule has 3 N–H and O–H groups in total. The van der Waals surface area contributed by atoms with Crippen molar-refractivity contribution in [1.82, 2.24) is 5.32 Å². The topological polar surface area (TPSA) is 120 Å². The molecule has 0 spiro atoms. The second-order valence-electron chi connectivity index (χ2n) is 6.86. The SMILES string of the molecule is COCC1=C(c2cccc(C(=O)NC(N)=NOS(C)(=O)=O)c2)c2ccccc2CC1. The van der Waals surface area contributed by atoms with Crippen molar-refractivity contribution in [3.8, 4) is 0 Å². The molecule has 0 aliphatic heterocycles.